The number of rotatable bonds is 4. The first kappa shape index (κ1) is 12.0. The minimum absolute atomic E-state index is 0.531. The molecule has 84 valence electrons. The van der Waals surface area contributed by atoms with Crippen LogP contribution in [0.2, 0.25) is 0 Å². The van der Waals surface area contributed by atoms with Gasteiger partial charge in [0.1, 0.15) is 5.25 Å². The largest absolute Gasteiger partial charge is 0.399 e. The molecule has 1 unspecified atom stereocenters. The first-order valence-corrected chi connectivity index (χ1v) is 6.43. The molecule has 1 rings (SSSR count). The van der Waals surface area contributed by atoms with E-state index in [0.29, 0.717) is 17.7 Å². The van der Waals surface area contributed by atoms with E-state index in [9.17, 15) is 8.42 Å². The van der Waals surface area contributed by atoms with E-state index in [4.69, 9.17) is 10.9 Å². The monoisotopic (exact) mass is 228 g/mol. The molecule has 0 saturated heterocycles. The third kappa shape index (κ3) is 3.21. The van der Waals surface area contributed by atoms with Crippen LogP contribution >= 0.6 is 0 Å². The fourth-order valence-corrected chi connectivity index (χ4v) is 2.59. The Balaban J connectivity index is 3.05. The van der Waals surface area contributed by atoms with Crippen LogP contribution in [0.3, 0.4) is 0 Å². The predicted molar refractivity (Wildman–Crippen MR) is 61.6 cm³/mol. The highest BCUT2D eigenvalue weighted by molar-refractivity contribution is 7.89. The molecule has 0 aromatic heterocycles. The van der Waals surface area contributed by atoms with Gasteiger partial charge in [-0.05, 0) is 24.1 Å². The lowest BCUT2D eigenvalue weighted by molar-refractivity contribution is 0.575. The summed E-state index contributed by atoms with van der Waals surface area (Å²) >= 11 is 0. The molecule has 0 heterocycles. The molecule has 0 bridgehead atoms. The van der Waals surface area contributed by atoms with Gasteiger partial charge in [0.25, 0.3) is 0 Å². The van der Waals surface area contributed by atoms with Crippen molar-refractivity contribution in [3.63, 3.8) is 0 Å². The molecular weight excluding hydrogens is 212 g/mol. The normalized spacial score (nSPS) is 13.7. The first-order chi connectivity index (χ1) is 6.95. The highest BCUT2D eigenvalue weighted by atomic mass is 32.2. The number of hydrogen-bond acceptors (Lipinski definition) is 3. The Labute approximate surface area is 90.3 Å². The summed E-state index contributed by atoms with van der Waals surface area (Å²) in [6.07, 6.45) is 1.30. The van der Waals surface area contributed by atoms with Gasteiger partial charge in [-0.3, -0.25) is 0 Å². The number of hydrogen-bond donors (Lipinski definition) is 2. The minimum Gasteiger partial charge on any atom is -0.399 e. The van der Waals surface area contributed by atoms with Crippen molar-refractivity contribution in [2.24, 2.45) is 5.14 Å². The van der Waals surface area contributed by atoms with E-state index in [0.717, 1.165) is 6.42 Å². The van der Waals surface area contributed by atoms with Crippen molar-refractivity contribution >= 4 is 15.7 Å². The fraction of sp³-hybridized carbons (Fsp3) is 0.400. The molecule has 4 N–H and O–H groups in total. The molecule has 0 spiro atoms. The molecule has 5 heteroatoms. The van der Waals surface area contributed by atoms with Crippen LogP contribution in [-0.2, 0) is 10.0 Å². The summed E-state index contributed by atoms with van der Waals surface area (Å²) in [7, 11) is -3.53. The van der Waals surface area contributed by atoms with Crippen molar-refractivity contribution < 1.29 is 8.42 Å². The number of sulfonamides is 1. The second-order valence-corrected chi connectivity index (χ2v) is 5.28. The lowest BCUT2D eigenvalue weighted by Crippen LogP contribution is -2.21. The number of anilines is 1. The van der Waals surface area contributed by atoms with Crippen LogP contribution < -0.4 is 10.9 Å². The van der Waals surface area contributed by atoms with Crippen molar-refractivity contribution in [3.8, 4) is 0 Å². The zero-order valence-corrected chi connectivity index (χ0v) is 9.50. The summed E-state index contributed by atoms with van der Waals surface area (Å²) in [6, 6.07) is 6.78. The van der Waals surface area contributed by atoms with Crippen molar-refractivity contribution in [1.29, 1.82) is 0 Å². The maximum atomic E-state index is 11.4. The predicted octanol–water partition coefficient (Wildman–Crippen LogP) is 1.40. The van der Waals surface area contributed by atoms with E-state index in [1.165, 1.54) is 0 Å². The zero-order chi connectivity index (χ0) is 11.5. The lowest BCUT2D eigenvalue weighted by atomic mass is 10.1. The molecule has 4 nitrogen and oxygen atoms in total. The summed E-state index contributed by atoms with van der Waals surface area (Å²) in [5, 5.41) is 4.55. The van der Waals surface area contributed by atoms with Crippen molar-refractivity contribution in [2.45, 2.75) is 25.0 Å². The molecule has 0 fully saturated rings. The van der Waals surface area contributed by atoms with Crippen molar-refractivity contribution in [2.75, 3.05) is 5.73 Å². The Morgan fingerprint density at radius 3 is 2.20 bits per heavy atom. The third-order valence-corrected chi connectivity index (χ3v) is 3.56. The standard InChI is InChI=1S/C10H16N2O2S/c1-2-3-10(15(12,13)14)8-4-6-9(11)7-5-8/h4-7,10H,2-3,11H2,1H3,(H2,12,13,14). The maximum absolute atomic E-state index is 11.4. The average Bonchev–Trinajstić information content (AvgIpc) is 2.14. The molecular formula is C10H16N2O2S. The molecule has 15 heavy (non-hydrogen) atoms. The molecule has 0 amide bonds. The number of benzene rings is 1. The van der Waals surface area contributed by atoms with Gasteiger partial charge in [-0.25, -0.2) is 13.6 Å². The van der Waals surface area contributed by atoms with Crippen LogP contribution in [0.4, 0.5) is 5.69 Å². The Kier molecular flexibility index (Phi) is 3.71. The number of nitrogens with two attached hydrogens (primary N) is 2. The molecule has 0 radical (unpaired) electrons. The topological polar surface area (TPSA) is 86.2 Å². The molecule has 0 aliphatic heterocycles. The lowest BCUT2D eigenvalue weighted by Gasteiger charge is -2.14. The van der Waals surface area contributed by atoms with Crippen LogP contribution in [-0.4, -0.2) is 8.42 Å². The van der Waals surface area contributed by atoms with Crippen molar-refractivity contribution in [1.82, 2.24) is 0 Å². The summed E-state index contributed by atoms with van der Waals surface area (Å²) in [5.41, 5.74) is 6.85. The van der Waals surface area contributed by atoms with Crippen LogP contribution in [0.5, 0.6) is 0 Å². The minimum atomic E-state index is -3.53. The zero-order valence-electron chi connectivity index (χ0n) is 8.68. The van der Waals surface area contributed by atoms with Gasteiger partial charge < -0.3 is 5.73 Å². The maximum Gasteiger partial charge on any atom is 0.216 e. The van der Waals surface area contributed by atoms with Crippen LogP contribution in [0.25, 0.3) is 0 Å². The summed E-state index contributed by atoms with van der Waals surface area (Å²) in [4.78, 5) is 0. The Hall–Kier alpha value is -1.07. The number of primary sulfonamides is 1. The highest BCUT2D eigenvalue weighted by Gasteiger charge is 2.22. The van der Waals surface area contributed by atoms with E-state index < -0.39 is 15.3 Å². The van der Waals surface area contributed by atoms with Gasteiger partial charge >= 0.3 is 0 Å². The van der Waals surface area contributed by atoms with Gasteiger partial charge in [0.05, 0.1) is 0 Å². The molecule has 1 atom stereocenters. The van der Waals surface area contributed by atoms with E-state index >= 15 is 0 Å². The quantitative estimate of drug-likeness (QED) is 0.764. The Morgan fingerprint density at radius 2 is 1.80 bits per heavy atom. The van der Waals surface area contributed by atoms with Gasteiger partial charge in [-0.15, -0.1) is 0 Å². The van der Waals surface area contributed by atoms with E-state index in [-0.39, 0.29) is 0 Å². The van der Waals surface area contributed by atoms with E-state index in [1.54, 1.807) is 24.3 Å². The third-order valence-electron chi connectivity index (χ3n) is 2.26. The SMILES string of the molecule is CCCC(c1ccc(N)cc1)S(N)(=O)=O. The smallest absolute Gasteiger partial charge is 0.216 e. The van der Waals surface area contributed by atoms with Gasteiger partial charge in [0.15, 0.2) is 0 Å². The van der Waals surface area contributed by atoms with Gasteiger partial charge in [-0.2, -0.15) is 0 Å². The van der Waals surface area contributed by atoms with Gasteiger partial charge in [-0.1, -0.05) is 25.5 Å². The Bertz CT molecular complexity index is 412. The fourth-order valence-electron chi connectivity index (χ4n) is 1.49. The summed E-state index contributed by atoms with van der Waals surface area (Å²) < 4.78 is 22.7. The molecule has 1 aromatic rings. The number of nitrogen functional groups attached to an aromatic ring is 1. The van der Waals surface area contributed by atoms with Crippen molar-refractivity contribution in [3.05, 3.63) is 29.8 Å². The molecule has 0 saturated carbocycles. The van der Waals surface area contributed by atoms with Crippen LogP contribution in [0, 0.1) is 0 Å². The van der Waals surface area contributed by atoms with E-state index in [1.807, 2.05) is 6.92 Å². The average molecular weight is 228 g/mol. The second-order valence-electron chi connectivity index (χ2n) is 3.53. The first-order valence-electron chi connectivity index (χ1n) is 4.82. The van der Waals surface area contributed by atoms with E-state index in [2.05, 4.69) is 0 Å². The summed E-state index contributed by atoms with van der Waals surface area (Å²) in [6.45, 7) is 1.93. The van der Waals surface area contributed by atoms with Gasteiger partial charge in [0, 0.05) is 5.69 Å². The Morgan fingerprint density at radius 1 is 1.27 bits per heavy atom. The molecule has 0 aliphatic rings. The highest BCUT2D eigenvalue weighted by Crippen LogP contribution is 2.25. The molecule has 1 aromatic carbocycles. The van der Waals surface area contributed by atoms with Crippen LogP contribution in [0.15, 0.2) is 24.3 Å². The van der Waals surface area contributed by atoms with Gasteiger partial charge in [0.2, 0.25) is 10.0 Å². The molecule has 0 aliphatic carbocycles. The van der Waals surface area contributed by atoms with Crippen LogP contribution in [0.1, 0.15) is 30.6 Å². The summed E-state index contributed by atoms with van der Waals surface area (Å²) in [5.74, 6) is 0. The second kappa shape index (κ2) is 4.63.